The van der Waals surface area contributed by atoms with Gasteiger partial charge in [-0.05, 0) is 61.0 Å². The zero-order valence-corrected chi connectivity index (χ0v) is 20.4. The second kappa shape index (κ2) is 9.41. The van der Waals surface area contributed by atoms with E-state index in [4.69, 9.17) is 33.3 Å². The van der Waals surface area contributed by atoms with Crippen molar-refractivity contribution in [2.45, 2.75) is 26.3 Å². The lowest BCUT2D eigenvalue weighted by Crippen LogP contribution is -2.46. The minimum Gasteiger partial charge on any atom is -0.351 e. The van der Waals surface area contributed by atoms with Gasteiger partial charge in [-0.25, -0.2) is 0 Å². The lowest BCUT2D eigenvalue weighted by atomic mass is 9.94. The Morgan fingerprint density at radius 3 is 2.38 bits per heavy atom. The third-order valence-corrected chi connectivity index (χ3v) is 6.53. The van der Waals surface area contributed by atoms with E-state index >= 15 is 0 Å². The van der Waals surface area contributed by atoms with Gasteiger partial charge < -0.3 is 9.84 Å². The third kappa shape index (κ3) is 4.22. The first-order valence-corrected chi connectivity index (χ1v) is 11.9. The predicted octanol–water partition coefficient (Wildman–Crippen LogP) is 6.82. The zero-order valence-electron chi connectivity index (χ0n) is 18.8. The summed E-state index contributed by atoms with van der Waals surface area (Å²) in [5.41, 5.74) is 5.92. The summed E-state index contributed by atoms with van der Waals surface area (Å²) in [6.07, 6.45) is 0.981. The largest absolute Gasteiger partial charge is 0.351 e. The van der Waals surface area contributed by atoms with Crippen molar-refractivity contribution in [1.82, 2.24) is 15.5 Å². The average molecular weight is 487 g/mol. The van der Waals surface area contributed by atoms with Crippen LogP contribution in [0, 0.1) is 0 Å². The molecule has 1 N–H and O–H groups in total. The molecule has 5 nitrogen and oxygen atoms in total. The summed E-state index contributed by atoms with van der Waals surface area (Å²) >= 11 is 11.9. The Labute approximate surface area is 209 Å². The maximum Gasteiger partial charge on any atom is 0.258 e. The van der Waals surface area contributed by atoms with Crippen LogP contribution in [-0.4, -0.2) is 15.3 Å². The molecule has 0 amide bonds. The number of hydrogen-bond acceptors (Lipinski definition) is 4. The molecule has 1 atom stereocenters. The minimum atomic E-state index is -0.229. The predicted molar refractivity (Wildman–Crippen MR) is 141 cm³/mol. The van der Waals surface area contributed by atoms with Crippen LogP contribution < -0.4 is 10.2 Å². The highest BCUT2D eigenvalue weighted by molar-refractivity contribution is 7.80. The molecule has 0 bridgehead atoms. The molecule has 0 saturated carbocycles. The van der Waals surface area contributed by atoms with Crippen LogP contribution in [0.3, 0.4) is 0 Å². The smallest absolute Gasteiger partial charge is 0.258 e. The summed E-state index contributed by atoms with van der Waals surface area (Å²) in [5, 5.41) is 9.03. The Morgan fingerprint density at radius 1 is 1.00 bits per heavy atom. The number of aryl methyl sites for hydroxylation is 1. The van der Waals surface area contributed by atoms with Crippen molar-refractivity contribution in [3.8, 4) is 11.4 Å². The van der Waals surface area contributed by atoms with Crippen molar-refractivity contribution < 1.29 is 4.52 Å². The van der Waals surface area contributed by atoms with E-state index in [-0.39, 0.29) is 6.04 Å². The Kier molecular flexibility index (Phi) is 6.18. The Morgan fingerprint density at radius 2 is 1.71 bits per heavy atom. The third-order valence-electron chi connectivity index (χ3n) is 5.98. The molecule has 1 unspecified atom stereocenters. The molecule has 0 radical (unpaired) electrons. The normalized spacial score (nSPS) is 16.0. The average Bonchev–Trinajstić information content (AvgIpc) is 3.35. The number of nitrogens with one attached hydrogen (secondary N) is 1. The van der Waals surface area contributed by atoms with Gasteiger partial charge in [-0.2, -0.15) is 4.98 Å². The van der Waals surface area contributed by atoms with Gasteiger partial charge in [0.15, 0.2) is 5.11 Å². The van der Waals surface area contributed by atoms with E-state index in [9.17, 15) is 0 Å². The first-order chi connectivity index (χ1) is 16.5. The molecule has 1 aliphatic rings. The van der Waals surface area contributed by atoms with Gasteiger partial charge in [0.2, 0.25) is 5.82 Å². The fourth-order valence-corrected chi connectivity index (χ4v) is 4.64. The highest BCUT2D eigenvalue weighted by Crippen LogP contribution is 2.39. The molecule has 0 saturated heterocycles. The van der Waals surface area contributed by atoms with Gasteiger partial charge in [-0.3, -0.25) is 4.90 Å². The summed E-state index contributed by atoms with van der Waals surface area (Å²) in [5.74, 6) is 1.01. The van der Waals surface area contributed by atoms with Gasteiger partial charge >= 0.3 is 0 Å². The molecule has 2 heterocycles. The Hall–Kier alpha value is -3.48. The molecular weight excluding hydrogens is 464 g/mol. The van der Waals surface area contributed by atoms with Crippen LogP contribution in [0.4, 0.5) is 5.69 Å². The van der Waals surface area contributed by atoms with E-state index in [2.05, 4.69) is 41.7 Å². The second-order valence-corrected chi connectivity index (χ2v) is 8.90. The lowest BCUT2D eigenvalue weighted by molar-refractivity contribution is 0.404. The Balaban J connectivity index is 1.62. The fourth-order valence-electron chi connectivity index (χ4n) is 4.16. The van der Waals surface area contributed by atoms with E-state index in [0.29, 0.717) is 21.9 Å². The van der Waals surface area contributed by atoms with Crippen molar-refractivity contribution in [2.75, 3.05) is 4.90 Å². The molecule has 5 rings (SSSR count). The molecule has 170 valence electrons. The number of halogens is 1. The number of rotatable bonds is 5. The van der Waals surface area contributed by atoms with Gasteiger partial charge in [0.05, 0.1) is 11.6 Å². The molecule has 0 spiro atoms. The van der Waals surface area contributed by atoms with Crippen LogP contribution in [0.15, 0.2) is 89.1 Å². The van der Waals surface area contributed by atoms with Gasteiger partial charge in [-0.1, -0.05) is 78.3 Å². The van der Waals surface area contributed by atoms with E-state index in [1.54, 1.807) is 0 Å². The number of aromatic nitrogens is 2. The van der Waals surface area contributed by atoms with Gasteiger partial charge in [0.25, 0.3) is 5.89 Å². The first kappa shape index (κ1) is 22.3. The summed E-state index contributed by atoms with van der Waals surface area (Å²) in [7, 11) is 0. The second-order valence-electron chi connectivity index (χ2n) is 8.08. The Bertz CT molecular complexity index is 1350. The molecule has 34 heavy (non-hydrogen) atoms. The van der Waals surface area contributed by atoms with Crippen molar-refractivity contribution in [3.05, 3.63) is 107 Å². The first-order valence-electron chi connectivity index (χ1n) is 11.1. The standard InChI is InChI=1S/C27H23ClN4OS/c1-3-18-9-11-20(12-10-18)25-30-26(33-31-25)23-17(2)32(22-15-13-21(28)14-16-22)27(34)29-24(23)19-7-5-4-6-8-19/h4-16,24H,3H2,1-2H3,(H,29,34). The number of hydrogen-bond donors (Lipinski definition) is 1. The highest BCUT2D eigenvalue weighted by Gasteiger charge is 2.34. The molecule has 4 aromatic rings. The van der Waals surface area contributed by atoms with Crippen molar-refractivity contribution in [3.63, 3.8) is 0 Å². The number of nitrogens with zero attached hydrogens (tertiary/aromatic N) is 3. The van der Waals surface area contributed by atoms with E-state index in [1.807, 2.05) is 66.4 Å². The molecular formula is C27H23ClN4OS. The van der Waals surface area contributed by atoms with Crippen LogP contribution in [0.2, 0.25) is 5.02 Å². The van der Waals surface area contributed by atoms with Gasteiger partial charge in [-0.15, -0.1) is 0 Å². The molecule has 3 aromatic carbocycles. The summed E-state index contributed by atoms with van der Waals surface area (Å²) < 4.78 is 5.83. The minimum absolute atomic E-state index is 0.229. The van der Waals surface area contributed by atoms with Gasteiger partial charge in [0, 0.05) is 22.0 Å². The fraction of sp³-hybridized carbons (Fsp3) is 0.148. The highest BCUT2D eigenvalue weighted by atomic mass is 35.5. The maximum atomic E-state index is 6.12. The van der Waals surface area contributed by atoms with Gasteiger partial charge in [0.1, 0.15) is 0 Å². The molecule has 7 heteroatoms. The zero-order chi connectivity index (χ0) is 23.7. The number of anilines is 1. The van der Waals surface area contributed by atoms with Crippen molar-refractivity contribution in [2.24, 2.45) is 0 Å². The van der Waals surface area contributed by atoms with Crippen LogP contribution in [0.25, 0.3) is 17.0 Å². The van der Waals surface area contributed by atoms with Crippen LogP contribution in [-0.2, 0) is 6.42 Å². The molecule has 1 aliphatic heterocycles. The van der Waals surface area contributed by atoms with Crippen LogP contribution in [0.1, 0.15) is 36.9 Å². The summed E-state index contributed by atoms with van der Waals surface area (Å²) in [6, 6.07) is 25.7. The monoisotopic (exact) mass is 486 g/mol. The van der Waals surface area contributed by atoms with E-state index in [0.717, 1.165) is 34.5 Å². The van der Waals surface area contributed by atoms with Crippen LogP contribution >= 0.6 is 23.8 Å². The topological polar surface area (TPSA) is 54.2 Å². The van der Waals surface area contributed by atoms with Crippen LogP contribution in [0.5, 0.6) is 0 Å². The quantitative estimate of drug-likeness (QED) is 0.312. The van der Waals surface area contributed by atoms with Crippen molar-refractivity contribution >= 4 is 40.2 Å². The molecule has 0 fully saturated rings. The molecule has 0 aliphatic carbocycles. The molecule has 1 aromatic heterocycles. The lowest BCUT2D eigenvalue weighted by Gasteiger charge is -2.37. The number of thiocarbonyl (C=S) groups is 1. The van der Waals surface area contributed by atoms with E-state index < -0.39 is 0 Å². The van der Waals surface area contributed by atoms with Crippen molar-refractivity contribution in [1.29, 1.82) is 0 Å². The number of benzene rings is 3. The SMILES string of the molecule is CCc1ccc(-c2noc(C3=C(C)N(c4ccc(Cl)cc4)C(=S)NC3c3ccccc3)n2)cc1. The van der Waals surface area contributed by atoms with E-state index in [1.165, 1.54) is 5.56 Å². The number of allylic oxidation sites excluding steroid dienone is 1. The summed E-state index contributed by atoms with van der Waals surface area (Å²) in [4.78, 5) is 6.76. The summed E-state index contributed by atoms with van der Waals surface area (Å²) in [6.45, 7) is 4.15. The maximum absolute atomic E-state index is 6.12.